The van der Waals surface area contributed by atoms with Gasteiger partial charge in [0, 0.05) is 13.0 Å². The van der Waals surface area contributed by atoms with Crippen LogP contribution >= 0.6 is 11.3 Å². The first-order valence-corrected chi connectivity index (χ1v) is 8.63. The number of nitrogen functional groups attached to an aromatic ring is 1. The van der Waals surface area contributed by atoms with Gasteiger partial charge in [-0.25, -0.2) is 9.97 Å². The van der Waals surface area contributed by atoms with Gasteiger partial charge in [-0.15, -0.1) is 23.7 Å². The number of nitrogens with zero attached hydrogens (tertiary/aromatic N) is 4. The summed E-state index contributed by atoms with van der Waals surface area (Å²) in [4.78, 5) is 14.3. The Bertz CT molecular complexity index is 813. The normalized spacial score (nSPS) is 10.9. The van der Waals surface area contributed by atoms with Gasteiger partial charge in [-0.05, 0) is 24.3 Å². The van der Waals surface area contributed by atoms with Crippen molar-refractivity contribution in [3.63, 3.8) is 0 Å². The third-order valence-electron chi connectivity index (χ3n) is 3.71. The van der Waals surface area contributed by atoms with Gasteiger partial charge >= 0.3 is 0 Å². The first-order chi connectivity index (χ1) is 11.3. The summed E-state index contributed by atoms with van der Waals surface area (Å²) >= 11 is 1.63. The van der Waals surface area contributed by atoms with Gasteiger partial charge in [0.05, 0.1) is 11.2 Å². The zero-order valence-electron chi connectivity index (χ0n) is 12.9. The van der Waals surface area contributed by atoms with Crippen molar-refractivity contribution in [3.05, 3.63) is 23.8 Å². The lowest BCUT2D eigenvalue weighted by Gasteiger charge is -2.05. The number of hydrogen-bond donors (Lipinski definition) is 1. The zero-order valence-corrected chi connectivity index (χ0v) is 13.7. The molecule has 0 saturated heterocycles. The summed E-state index contributed by atoms with van der Waals surface area (Å²) in [6.07, 6.45) is 12.4. The van der Waals surface area contributed by atoms with Gasteiger partial charge in [0.15, 0.2) is 5.65 Å². The van der Waals surface area contributed by atoms with Crippen LogP contribution in [0.1, 0.15) is 32.1 Å². The minimum absolute atomic E-state index is 0.289. The Balaban J connectivity index is 1.77. The summed E-state index contributed by atoms with van der Waals surface area (Å²) < 4.78 is 2.06. The van der Waals surface area contributed by atoms with E-state index >= 15 is 0 Å². The number of thiophene rings is 1. The SMILES string of the molecule is C#CCCCCCCn1cnc2c(-c3cccs3)nc(N)nc21. The molecule has 0 spiro atoms. The zero-order chi connectivity index (χ0) is 16.1. The molecule has 0 aromatic carbocycles. The topological polar surface area (TPSA) is 69.6 Å². The van der Waals surface area contributed by atoms with E-state index in [-0.39, 0.29) is 5.95 Å². The van der Waals surface area contributed by atoms with Crippen molar-refractivity contribution in [3.8, 4) is 22.9 Å². The number of aromatic nitrogens is 4. The summed E-state index contributed by atoms with van der Waals surface area (Å²) in [6, 6.07) is 4.02. The average Bonchev–Trinajstić information content (AvgIpc) is 3.20. The number of imidazole rings is 1. The molecular weight excluding hydrogens is 306 g/mol. The van der Waals surface area contributed by atoms with E-state index in [4.69, 9.17) is 12.2 Å². The van der Waals surface area contributed by atoms with E-state index in [2.05, 4.69) is 25.4 Å². The van der Waals surface area contributed by atoms with Crippen LogP contribution in [-0.2, 0) is 6.54 Å². The molecule has 3 heterocycles. The number of fused-ring (bicyclic) bond motifs is 1. The van der Waals surface area contributed by atoms with E-state index < -0.39 is 0 Å². The maximum atomic E-state index is 5.89. The maximum Gasteiger partial charge on any atom is 0.222 e. The molecule has 118 valence electrons. The predicted molar refractivity (Wildman–Crippen MR) is 95.0 cm³/mol. The fourth-order valence-corrected chi connectivity index (χ4v) is 3.29. The molecule has 0 unspecified atom stereocenters. The number of rotatable bonds is 7. The summed E-state index contributed by atoms with van der Waals surface area (Å²) in [5, 5.41) is 2.02. The largest absolute Gasteiger partial charge is 0.368 e. The Morgan fingerprint density at radius 3 is 2.87 bits per heavy atom. The second-order valence-corrected chi connectivity index (χ2v) is 6.33. The quantitative estimate of drug-likeness (QED) is 0.531. The fourth-order valence-electron chi connectivity index (χ4n) is 2.57. The predicted octanol–water partition coefficient (Wildman–Crippen LogP) is 3.72. The number of hydrogen-bond acceptors (Lipinski definition) is 5. The van der Waals surface area contributed by atoms with Crippen LogP contribution < -0.4 is 5.73 Å². The molecule has 0 radical (unpaired) electrons. The van der Waals surface area contributed by atoms with Gasteiger partial charge in [0.25, 0.3) is 0 Å². The van der Waals surface area contributed by atoms with Crippen molar-refractivity contribution in [2.24, 2.45) is 0 Å². The van der Waals surface area contributed by atoms with Crippen LogP contribution in [0.5, 0.6) is 0 Å². The Morgan fingerprint density at radius 2 is 2.09 bits per heavy atom. The van der Waals surface area contributed by atoms with Gasteiger partial charge in [-0.3, -0.25) is 0 Å². The van der Waals surface area contributed by atoms with Gasteiger partial charge in [0.1, 0.15) is 11.2 Å². The second kappa shape index (κ2) is 7.25. The molecule has 0 aliphatic heterocycles. The van der Waals surface area contributed by atoms with E-state index in [1.54, 1.807) is 11.3 Å². The number of unbranched alkanes of at least 4 members (excludes halogenated alkanes) is 4. The van der Waals surface area contributed by atoms with Gasteiger partial charge < -0.3 is 10.3 Å². The molecule has 0 atom stereocenters. The van der Waals surface area contributed by atoms with E-state index in [0.29, 0.717) is 0 Å². The van der Waals surface area contributed by atoms with Crippen LogP contribution in [0.15, 0.2) is 23.8 Å². The molecule has 0 amide bonds. The number of anilines is 1. The van der Waals surface area contributed by atoms with E-state index in [1.807, 2.05) is 23.8 Å². The lowest BCUT2D eigenvalue weighted by molar-refractivity contribution is 0.582. The fraction of sp³-hybridized carbons (Fsp3) is 0.353. The van der Waals surface area contributed by atoms with Crippen LogP contribution in [0.25, 0.3) is 21.7 Å². The van der Waals surface area contributed by atoms with Crippen LogP contribution in [0.3, 0.4) is 0 Å². The summed E-state index contributed by atoms with van der Waals surface area (Å²) in [5.41, 5.74) is 8.33. The third kappa shape index (κ3) is 3.51. The average molecular weight is 325 g/mol. The van der Waals surface area contributed by atoms with Crippen molar-refractivity contribution < 1.29 is 0 Å². The Hall–Kier alpha value is -2.39. The molecule has 0 fully saturated rings. The van der Waals surface area contributed by atoms with E-state index in [9.17, 15) is 0 Å². The minimum Gasteiger partial charge on any atom is -0.368 e. The van der Waals surface area contributed by atoms with Gasteiger partial charge in [0.2, 0.25) is 5.95 Å². The highest BCUT2D eigenvalue weighted by molar-refractivity contribution is 7.13. The van der Waals surface area contributed by atoms with Crippen LogP contribution in [0.2, 0.25) is 0 Å². The summed E-state index contributed by atoms with van der Waals surface area (Å²) in [5.74, 6) is 2.97. The highest BCUT2D eigenvalue weighted by Crippen LogP contribution is 2.29. The minimum atomic E-state index is 0.289. The molecule has 3 aromatic heterocycles. The molecule has 0 bridgehead atoms. The van der Waals surface area contributed by atoms with Crippen molar-refractivity contribution in [1.29, 1.82) is 0 Å². The highest BCUT2D eigenvalue weighted by Gasteiger charge is 2.14. The monoisotopic (exact) mass is 325 g/mol. The van der Waals surface area contributed by atoms with E-state index in [1.165, 1.54) is 0 Å². The van der Waals surface area contributed by atoms with Gasteiger partial charge in [-0.1, -0.05) is 18.9 Å². The van der Waals surface area contributed by atoms with Crippen LogP contribution in [0.4, 0.5) is 5.95 Å². The molecular formula is C17H19N5S. The molecule has 23 heavy (non-hydrogen) atoms. The molecule has 3 rings (SSSR count). The molecule has 3 aromatic rings. The smallest absolute Gasteiger partial charge is 0.222 e. The Kier molecular flexibility index (Phi) is 4.89. The Labute approximate surface area is 139 Å². The molecule has 2 N–H and O–H groups in total. The summed E-state index contributed by atoms with van der Waals surface area (Å²) in [6.45, 7) is 0.882. The van der Waals surface area contributed by atoms with Crippen molar-refractivity contribution in [1.82, 2.24) is 19.5 Å². The maximum absolute atomic E-state index is 5.89. The van der Waals surface area contributed by atoms with E-state index in [0.717, 1.165) is 60.4 Å². The van der Waals surface area contributed by atoms with Crippen LogP contribution in [0, 0.1) is 12.3 Å². The van der Waals surface area contributed by atoms with Crippen molar-refractivity contribution >= 4 is 28.4 Å². The standard InChI is InChI=1S/C17H19N5S/c1-2-3-4-5-6-7-10-22-12-19-15-14(13-9-8-11-23-13)20-17(18)21-16(15)22/h1,8-9,11-12H,3-7,10H2,(H2,18,20,21). The lowest BCUT2D eigenvalue weighted by atomic mass is 10.1. The van der Waals surface area contributed by atoms with Crippen LogP contribution in [-0.4, -0.2) is 19.5 Å². The third-order valence-corrected chi connectivity index (χ3v) is 4.58. The van der Waals surface area contributed by atoms with Crippen molar-refractivity contribution in [2.45, 2.75) is 38.6 Å². The van der Waals surface area contributed by atoms with Crippen molar-refractivity contribution in [2.75, 3.05) is 5.73 Å². The first kappa shape index (κ1) is 15.5. The molecule has 6 heteroatoms. The summed E-state index contributed by atoms with van der Waals surface area (Å²) in [7, 11) is 0. The lowest BCUT2D eigenvalue weighted by Crippen LogP contribution is -2.02. The molecule has 0 aliphatic rings. The second-order valence-electron chi connectivity index (χ2n) is 5.39. The Morgan fingerprint density at radius 1 is 1.22 bits per heavy atom. The number of nitrogens with two attached hydrogens (primary N) is 1. The van der Waals surface area contributed by atoms with Gasteiger partial charge in [-0.2, -0.15) is 4.98 Å². The first-order valence-electron chi connectivity index (χ1n) is 7.75. The number of aryl methyl sites for hydroxylation is 1. The molecule has 0 saturated carbocycles. The number of terminal acetylenes is 1. The molecule has 5 nitrogen and oxygen atoms in total. The highest BCUT2D eigenvalue weighted by atomic mass is 32.1. The molecule has 0 aliphatic carbocycles.